The Hall–Kier alpha value is -3.21. The second-order valence-electron chi connectivity index (χ2n) is 7.71. The molecule has 2 aromatic carbocycles. The number of oxazole rings is 1. The number of hydrogen-bond acceptors (Lipinski definition) is 4. The molecule has 0 saturated carbocycles. The van der Waals surface area contributed by atoms with E-state index in [1.165, 1.54) is 0 Å². The van der Waals surface area contributed by atoms with Crippen LogP contribution in [0.25, 0.3) is 22.0 Å². The first-order valence-electron chi connectivity index (χ1n) is 8.93. The monoisotopic (exact) mass is 359 g/mol. The van der Waals surface area contributed by atoms with E-state index in [-0.39, 0.29) is 17.7 Å². The van der Waals surface area contributed by atoms with Gasteiger partial charge in [-0.15, -0.1) is 0 Å². The van der Waals surface area contributed by atoms with E-state index in [0.717, 1.165) is 27.6 Å². The van der Waals surface area contributed by atoms with Crippen molar-refractivity contribution in [2.45, 2.75) is 32.6 Å². The molecule has 5 heteroatoms. The Morgan fingerprint density at radius 3 is 2.74 bits per heavy atom. The van der Waals surface area contributed by atoms with Gasteiger partial charge in [-0.2, -0.15) is 0 Å². The third-order valence-corrected chi connectivity index (χ3v) is 4.35. The van der Waals surface area contributed by atoms with Crippen LogP contribution < -0.4 is 5.32 Å². The highest BCUT2D eigenvalue weighted by Gasteiger charge is 2.21. The number of carbonyl (C=O) groups excluding carboxylic acids is 1. The van der Waals surface area contributed by atoms with Crippen LogP contribution in [0.15, 0.2) is 59.1 Å². The van der Waals surface area contributed by atoms with Crippen molar-refractivity contribution >= 4 is 33.6 Å². The Morgan fingerprint density at radius 2 is 1.93 bits per heavy atom. The van der Waals surface area contributed by atoms with Gasteiger partial charge in [-0.3, -0.25) is 9.78 Å². The Morgan fingerprint density at radius 1 is 1.07 bits per heavy atom. The summed E-state index contributed by atoms with van der Waals surface area (Å²) in [7, 11) is 0. The van der Waals surface area contributed by atoms with E-state index in [0.29, 0.717) is 11.6 Å². The zero-order valence-electron chi connectivity index (χ0n) is 15.6. The number of fused-ring (bicyclic) bond motifs is 2. The summed E-state index contributed by atoms with van der Waals surface area (Å²) in [6.45, 7) is 6.16. The molecule has 0 unspecified atom stereocenters. The smallest absolute Gasteiger partial charge is 0.228 e. The van der Waals surface area contributed by atoms with Crippen LogP contribution in [0.5, 0.6) is 0 Å². The number of nitrogens with zero attached hydrogens (tertiary/aromatic N) is 2. The average molecular weight is 359 g/mol. The van der Waals surface area contributed by atoms with E-state index in [4.69, 9.17) is 4.42 Å². The van der Waals surface area contributed by atoms with Gasteiger partial charge in [-0.1, -0.05) is 39.0 Å². The van der Waals surface area contributed by atoms with E-state index >= 15 is 0 Å². The number of hydrogen-bond donors (Lipinski definition) is 1. The summed E-state index contributed by atoms with van der Waals surface area (Å²) in [6.07, 6.45) is 2.04. The molecule has 0 spiro atoms. The Labute approximate surface area is 157 Å². The highest BCUT2D eigenvalue weighted by Crippen LogP contribution is 2.27. The normalized spacial score (nSPS) is 11.8. The van der Waals surface area contributed by atoms with Crippen molar-refractivity contribution in [1.82, 2.24) is 9.97 Å². The summed E-state index contributed by atoms with van der Waals surface area (Å²) < 4.78 is 5.80. The van der Waals surface area contributed by atoms with Crippen molar-refractivity contribution in [2.24, 2.45) is 0 Å². The number of carbonyl (C=O) groups is 1. The first kappa shape index (κ1) is 17.2. The number of amides is 1. The standard InChI is InChI=1S/C22H21N3O2/c1-22(2,3)21-25-18-13-16(8-9-19(18)27-21)24-20(26)12-14-6-7-15-5-4-10-23-17(15)11-14/h4-11,13H,12H2,1-3H3,(H,24,26). The van der Waals surface area contributed by atoms with Crippen LogP contribution in [0.1, 0.15) is 32.2 Å². The zero-order valence-corrected chi connectivity index (χ0v) is 15.6. The predicted octanol–water partition coefficient (Wildman–Crippen LogP) is 4.85. The van der Waals surface area contributed by atoms with Crippen LogP contribution in [0.2, 0.25) is 0 Å². The van der Waals surface area contributed by atoms with E-state index in [1.54, 1.807) is 6.20 Å². The molecule has 136 valence electrons. The summed E-state index contributed by atoms with van der Waals surface area (Å²) in [5, 5.41) is 4.00. The molecular weight excluding hydrogens is 338 g/mol. The topological polar surface area (TPSA) is 68.0 Å². The summed E-state index contributed by atoms with van der Waals surface area (Å²) in [4.78, 5) is 21.3. The molecule has 5 nitrogen and oxygen atoms in total. The molecule has 27 heavy (non-hydrogen) atoms. The Balaban J connectivity index is 1.51. The number of anilines is 1. The van der Waals surface area contributed by atoms with Gasteiger partial charge in [0.15, 0.2) is 5.58 Å². The summed E-state index contributed by atoms with van der Waals surface area (Å²) in [6, 6.07) is 15.3. The Kier molecular flexibility index (Phi) is 4.15. The van der Waals surface area contributed by atoms with Crippen LogP contribution >= 0.6 is 0 Å². The maximum atomic E-state index is 12.4. The van der Waals surface area contributed by atoms with Crippen LogP contribution in [0, 0.1) is 0 Å². The lowest BCUT2D eigenvalue weighted by Gasteiger charge is -2.11. The third kappa shape index (κ3) is 3.67. The lowest BCUT2D eigenvalue weighted by Crippen LogP contribution is -2.14. The van der Waals surface area contributed by atoms with E-state index < -0.39 is 0 Å². The number of pyridine rings is 1. The number of rotatable bonds is 3. The molecule has 0 bridgehead atoms. The van der Waals surface area contributed by atoms with Gasteiger partial charge in [0.1, 0.15) is 5.52 Å². The van der Waals surface area contributed by atoms with Crippen molar-refractivity contribution in [3.8, 4) is 0 Å². The van der Waals surface area contributed by atoms with Gasteiger partial charge in [0.25, 0.3) is 0 Å². The molecule has 1 N–H and O–H groups in total. The second kappa shape index (κ2) is 6.50. The molecule has 0 saturated heterocycles. The van der Waals surface area contributed by atoms with Crippen LogP contribution in [-0.2, 0) is 16.6 Å². The largest absolute Gasteiger partial charge is 0.440 e. The van der Waals surface area contributed by atoms with E-state index in [1.807, 2.05) is 48.5 Å². The molecule has 4 rings (SSSR count). The molecule has 0 aliphatic carbocycles. The van der Waals surface area contributed by atoms with Crippen molar-refractivity contribution in [1.29, 1.82) is 0 Å². The fourth-order valence-electron chi connectivity index (χ4n) is 2.94. The predicted molar refractivity (Wildman–Crippen MR) is 107 cm³/mol. The highest BCUT2D eigenvalue weighted by atomic mass is 16.3. The summed E-state index contributed by atoms with van der Waals surface area (Å²) >= 11 is 0. The van der Waals surface area contributed by atoms with Gasteiger partial charge in [0, 0.05) is 22.7 Å². The lowest BCUT2D eigenvalue weighted by molar-refractivity contribution is -0.115. The summed E-state index contributed by atoms with van der Waals surface area (Å²) in [5.74, 6) is 0.605. The third-order valence-electron chi connectivity index (χ3n) is 4.35. The quantitative estimate of drug-likeness (QED) is 0.567. The maximum absolute atomic E-state index is 12.4. The minimum Gasteiger partial charge on any atom is -0.440 e. The van der Waals surface area contributed by atoms with Crippen LogP contribution in [0.4, 0.5) is 5.69 Å². The molecule has 0 radical (unpaired) electrons. The molecule has 2 aromatic heterocycles. The number of aromatic nitrogens is 2. The van der Waals surface area contributed by atoms with Crippen molar-refractivity contribution in [3.05, 3.63) is 66.2 Å². The van der Waals surface area contributed by atoms with Crippen LogP contribution in [0.3, 0.4) is 0 Å². The Bertz CT molecular complexity index is 1140. The molecule has 2 heterocycles. The molecule has 1 amide bonds. The molecule has 0 aliphatic heterocycles. The first-order valence-corrected chi connectivity index (χ1v) is 8.93. The van der Waals surface area contributed by atoms with E-state index in [2.05, 4.69) is 36.1 Å². The maximum Gasteiger partial charge on any atom is 0.228 e. The lowest BCUT2D eigenvalue weighted by atomic mass is 9.97. The van der Waals surface area contributed by atoms with Gasteiger partial charge in [0.2, 0.25) is 11.8 Å². The number of benzene rings is 2. The fraction of sp³-hybridized carbons (Fsp3) is 0.227. The van der Waals surface area contributed by atoms with Crippen molar-refractivity contribution in [3.63, 3.8) is 0 Å². The second-order valence-corrected chi connectivity index (χ2v) is 7.71. The fourth-order valence-corrected chi connectivity index (χ4v) is 2.94. The van der Waals surface area contributed by atoms with Gasteiger partial charge < -0.3 is 9.73 Å². The van der Waals surface area contributed by atoms with Gasteiger partial charge in [-0.25, -0.2) is 4.98 Å². The molecule has 0 fully saturated rings. The molecular formula is C22H21N3O2. The average Bonchev–Trinajstić information content (AvgIpc) is 3.05. The highest BCUT2D eigenvalue weighted by molar-refractivity contribution is 5.94. The van der Waals surface area contributed by atoms with Crippen molar-refractivity contribution < 1.29 is 9.21 Å². The first-order chi connectivity index (χ1) is 12.9. The van der Waals surface area contributed by atoms with Gasteiger partial charge in [-0.05, 0) is 35.9 Å². The van der Waals surface area contributed by atoms with Gasteiger partial charge in [0.05, 0.1) is 11.9 Å². The minimum atomic E-state index is -0.160. The molecule has 0 atom stereocenters. The van der Waals surface area contributed by atoms with Crippen LogP contribution in [-0.4, -0.2) is 15.9 Å². The van der Waals surface area contributed by atoms with Crippen molar-refractivity contribution in [2.75, 3.05) is 5.32 Å². The summed E-state index contributed by atoms with van der Waals surface area (Å²) in [5.41, 5.74) is 3.83. The molecule has 4 aromatic rings. The SMILES string of the molecule is CC(C)(C)c1nc2cc(NC(=O)Cc3ccc4cccnc4c3)ccc2o1. The minimum absolute atomic E-state index is 0.0795. The number of nitrogens with one attached hydrogen (secondary N) is 1. The van der Waals surface area contributed by atoms with E-state index in [9.17, 15) is 4.79 Å². The molecule has 0 aliphatic rings. The van der Waals surface area contributed by atoms with Gasteiger partial charge >= 0.3 is 0 Å². The zero-order chi connectivity index (χ0) is 19.0.